The van der Waals surface area contributed by atoms with Gasteiger partial charge in [-0.2, -0.15) is 0 Å². The summed E-state index contributed by atoms with van der Waals surface area (Å²) >= 11 is 7.18. The van der Waals surface area contributed by atoms with E-state index in [9.17, 15) is 51.1 Å². The molecule has 11 fully saturated rings. The molecule has 4 heterocycles. The number of rotatable bonds is 10. The first-order chi connectivity index (χ1) is 53.7. The van der Waals surface area contributed by atoms with E-state index in [0.717, 1.165) is 108 Å². The average Bonchev–Trinajstić information content (AvgIpc) is 1.63. The predicted molar refractivity (Wildman–Crippen MR) is 487 cm³/mol. The molecule has 117 heavy (non-hydrogen) atoms. The molecule has 0 aromatic carbocycles. The summed E-state index contributed by atoms with van der Waals surface area (Å²) < 4.78 is 0. The Hall–Kier alpha value is -2.91. The van der Waals surface area contributed by atoms with Crippen molar-refractivity contribution < 1.29 is 61.0 Å². The normalized spacial score (nSPS) is 46.3. The Morgan fingerprint density at radius 1 is 0.385 bits per heavy atom. The Kier molecular flexibility index (Phi) is 30.7. The van der Waals surface area contributed by atoms with Crippen molar-refractivity contribution in [3.8, 4) is 0 Å². The van der Waals surface area contributed by atoms with Crippen LogP contribution in [0.3, 0.4) is 0 Å². The molecule has 14 aliphatic carbocycles. The van der Waals surface area contributed by atoms with Crippen molar-refractivity contribution in [3.05, 3.63) is 108 Å². The van der Waals surface area contributed by atoms with Crippen LogP contribution in [-0.4, -0.2) is 119 Å². The van der Waals surface area contributed by atoms with E-state index >= 15 is 0 Å². The molecule has 14 aliphatic rings. The van der Waals surface area contributed by atoms with Crippen LogP contribution >= 0.6 is 45.3 Å². The zero-order valence-electron chi connectivity index (χ0n) is 70.5. The molecule has 0 bridgehead atoms. The quantitative estimate of drug-likeness (QED) is 0.0711. The van der Waals surface area contributed by atoms with Gasteiger partial charge in [0.05, 0.1) is 30.5 Å². The van der Waals surface area contributed by atoms with Crippen LogP contribution in [0.15, 0.2) is 88.3 Å². The van der Waals surface area contributed by atoms with Crippen molar-refractivity contribution in [2.75, 3.05) is 26.4 Å². The molecule has 0 saturated heterocycles. The number of thiophene rings is 4. The van der Waals surface area contributed by atoms with E-state index in [-0.39, 0.29) is 134 Å². The summed E-state index contributed by atoms with van der Waals surface area (Å²) in [6, 6.07) is 17.3. The van der Waals surface area contributed by atoms with Crippen molar-refractivity contribution in [1.29, 1.82) is 0 Å². The number of aliphatic hydroxyl groups is 10. The van der Waals surface area contributed by atoms with Gasteiger partial charge in [-0.25, -0.2) is 0 Å². The lowest BCUT2D eigenvalue weighted by Gasteiger charge is -2.64. The second-order valence-electron chi connectivity index (χ2n) is 41.9. The maximum atomic E-state index is 11.8. The molecule has 16 heteroatoms. The van der Waals surface area contributed by atoms with Crippen LogP contribution in [0.2, 0.25) is 0 Å². The summed E-state index contributed by atoms with van der Waals surface area (Å²) in [6.45, 7) is 28.1. The third-order valence-corrected chi connectivity index (χ3v) is 40.7. The van der Waals surface area contributed by atoms with E-state index in [1.54, 1.807) is 11.3 Å². The SMILES string of the molecule is C.C.C.C.CC(=O)O.C[C@H]1CC[C@@]2(C)[C@H](C1)[C@@H](O)[C@H](O)C1[C@@H]2CC[C@@]2(C)[C@H]1CC[C@@]2(O)c1cccs1.C[C@H]1CC[C@@]2(C)[C@H](C1)[C@@H](O)[C@H](O)C1[C@@H]2CC[C@]2(C)C(c3cccs3)=CC[C@@H]12.C[C@H]1CC[C@](C)([C@H]2CC[C@]3(C)C(c4cccs4)=CC[C@H]3[C@@H]2CO)[C@@H](CO)C1.C[C@]1([C@H]2CC[C@]3(C)C(c4cccs4)=CC[C@H]3[C@@H]2CO)CC[C@H](O)C[C@@H]1CO. The van der Waals surface area contributed by atoms with E-state index in [0.29, 0.717) is 84.7 Å². The Morgan fingerprint density at radius 2 is 0.735 bits per heavy atom. The number of carboxylic acids is 1. The number of carbonyl (C=O) groups is 1. The fourth-order valence-corrected chi connectivity index (χ4v) is 34.0. The maximum absolute atomic E-state index is 11.8. The largest absolute Gasteiger partial charge is 0.481 e. The Bertz CT molecular complexity index is 3790. The van der Waals surface area contributed by atoms with Gasteiger partial charge in [-0.05, 0) is 354 Å². The van der Waals surface area contributed by atoms with E-state index in [2.05, 4.69) is 158 Å². The minimum absolute atomic E-state index is 0. The number of carboxylic acid groups (broad SMARTS) is 1. The molecule has 0 spiro atoms. The number of allylic oxidation sites excluding steroid dienone is 6. The van der Waals surface area contributed by atoms with Crippen LogP contribution in [-0.2, 0) is 10.4 Å². The first-order valence-corrected chi connectivity index (χ1v) is 48.2. The molecular formula is C101H160O12S4. The highest BCUT2D eigenvalue weighted by Crippen LogP contribution is 2.73. The van der Waals surface area contributed by atoms with Gasteiger partial charge in [0.25, 0.3) is 5.97 Å². The van der Waals surface area contributed by atoms with Crippen molar-refractivity contribution in [3.63, 3.8) is 0 Å². The molecule has 2 unspecified atom stereocenters. The fraction of sp³-hybridized carbons (Fsp3) is 0.772. The highest BCUT2D eigenvalue weighted by Gasteiger charge is 2.70. The van der Waals surface area contributed by atoms with Gasteiger partial charge >= 0.3 is 0 Å². The Labute approximate surface area is 723 Å². The lowest BCUT2D eigenvalue weighted by molar-refractivity contribution is -0.229. The van der Waals surface area contributed by atoms with E-state index < -0.39 is 36.0 Å². The van der Waals surface area contributed by atoms with Gasteiger partial charge in [0.15, 0.2) is 0 Å². The molecule has 4 aromatic heterocycles. The van der Waals surface area contributed by atoms with Crippen LogP contribution in [0.4, 0.5) is 0 Å². The minimum Gasteiger partial charge on any atom is -0.481 e. The predicted octanol–water partition coefficient (Wildman–Crippen LogP) is 22.5. The van der Waals surface area contributed by atoms with Crippen molar-refractivity contribution in [2.24, 2.45) is 156 Å². The summed E-state index contributed by atoms with van der Waals surface area (Å²) in [5, 5.41) is 124. The molecule has 4 aromatic rings. The van der Waals surface area contributed by atoms with Crippen molar-refractivity contribution in [1.82, 2.24) is 0 Å². The van der Waals surface area contributed by atoms with Crippen LogP contribution in [0.25, 0.3) is 16.7 Å². The lowest BCUT2D eigenvalue weighted by atomic mass is 9.42. The van der Waals surface area contributed by atoms with Crippen molar-refractivity contribution in [2.45, 2.75) is 309 Å². The van der Waals surface area contributed by atoms with Gasteiger partial charge in [-0.1, -0.05) is 168 Å². The number of hydrogen-bond acceptors (Lipinski definition) is 15. The first-order valence-electron chi connectivity index (χ1n) is 44.7. The van der Waals surface area contributed by atoms with Crippen LogP contribution in [0.5, 0.6) is 0 Å². The molecule has 0 aliphatic heterocycles. The second kappa shape index (κ2) is 37.3. The summed E-state index contributed by atoms with van der Waals surface area (Å²) in [4.78, 5) is 14.3. The zero-order chi connectivity index (χ0) is 80.9. The molecule has 18 rings (SSSR count). The molecule has 660 valence electrons. The molecule has 0 radical (unpaired) electrons. The van der Waals surface area contributed by atoms with Gasteiger partial charge in [-0.3, -0.25) is 4.79 Å². The van der Waals surface area contributed by atoms with E-state index in [1.165, 1.54) is 95.6 Å². The molecule has 12 nitrogen and oxygen atoms in total. The van der Waals surface area contributed by atoms with E-state index in [1.807, 2.05) is 40.1 Å². The number of hydrogen-bond donors (Lipinski definition) is 11. The third-order valence-electron chi connectivity index (χ3n) is 36.9. The summed E-state index contributed by atoms with van der Waals surface area (Å²) in [5.74, 6) is 6.90. The van der Waals surface area contributed by atoms with E-state index in [4.69, 9.17) is 9.90 Å². The van der Waals surface area contributed by atoms with Gasteiger partial charge in [0, 0.05) is 58.3 Å². The standard InChI is InChI=1S/C24H36O3S.C24H34O2S.C24H36O2S.C23H34O3S.C2H4O2.4CH4/c1-14-6-9-22(2)15-7-10-23(3)16(19(15)21(26)20(25)17(22)13-14)8-11-24(23,27)18-5-4-12-28-18;1-14-8-10-24(3)17-9-11-23(2)15(19-5-4-12-27-19)6-7-16(23)20(17)22(26)21(25)18(24)13-14;1-16-8-10-23(2,17(13-16)14-25)20-9-11-24(3)19(18(20)15-26)6-7-21(24)22-5-4-12-27-22;1-22(9-7-16(26)12-15(22)13-24)19-8-10-23(2)18(17(19)14-25)5-6-20(23)21-4-3-11-27-21;1-2(3)4;;;;/h4-5,12,14-17,19-21,25-27H,6-11,13H2,1-3H3;4-6,12,14,16-18,20-22,25-26H,7-11,13H2,1-3H3;4-5,7,12,16-20,25-26H,6,8-11,13-15H2,1-3H3;3-4,6,11,15-19,24-26H,5,7-10,12-14H2,1-2H3;1H3,(H,3,4);4*1H4/t14-,15-,16-,17+,19?,20+,21+,22+,23-,24+;14-,16-,17-,18+,20?,21+,22+,23+,24+;16-,17+,18-,19-,20-,23-,24-;15-,16+,17+,18+,19+,22+,23+;;;;;/m0001...../s1. The van der Waals surface area contributed by atoms with Gasteiger partial charge in [0.2, 0.25) is 0 Å². The summed E-state index contributed by atoms with van der Waals surface area (Å²) in [7, 11) is 0. The molecule has 0 amide bonds. The average molecular weight is 1690 g/mol. The van der Waals surface area contributed by atoms with Crippen LogP contribution < -0.4 is 0 Å². The number of aliphatic hydroxyl groups excluding tert-OH is 9. The summed E-state index contributed by atoms with van der Waals surface area (Å²) in [6.07, 6.45) is 31.9. The topological polar surface area (TPSA) is 240 Å². The monoisotopic (exact) mass is 1690 g/mol. The number of aliphatic carboxylic acids is 1. The molecule has 11 N–H and O–H groups in total. The second-order valence-corrected chi connectivity index (χ2v) is 45.7. The first kappa shape index (κ1) is 96.3. The minimum atomic E-state index is -0.833. The highest BCUT2D eigenvalue weighted by molar-refractivity contribution is 7.11. The van der Waals surface area contributed by atoms with Gasteiger partial charge in [0.1, 0.15) is 5.60 Å². The van der Waals surface area contributed by atoms with Gasteiger partial charge < -0.3 is 56.2 Å². The Morgan fingerprint density at radius 3 is 1.14 bits per heavy atom. The van der Waals surface area contributed by atoms with Crippen LogP contribution in [0.1, 0.15) is 293 Å². The number of fused-ring (bicyclic) bond motifs is 12. The summed E-state index contributed by atoms with van der Waals surface area (Å²) in [5.41, 5.74) is 4.51. The smallest absolute Gasteiger partial charge is 0.300 e. The third kappa shape index (κ3) is 16.5. The zero-order valence-corrected chi connectivity index (χ0v) is 73.7. The molecular weight excluding hydrogens is 1530 g/mol. The van der Waals surface area contributed by atoms with Gasteiger partial charge in [-0.15, -0.1) is 45.3 Å². The van der Waals surface area contributed by atoms with Crippen LogP contribution in [0, 0.1) is 156 Å². The highest BCUT2D eigenvalue weighted by atomic mass is 32.1. The lowest BCUT2D eigenvalue weighted by Crippen LogP contribution is -2.64. The molecule has 11 saturated carbocycles. The fourth-order valence-electron chi connectivity index (χ4n) is 30.3. The maximum Gasteiger partial charge on any atom is 0.300 e. The Balaban J connectivity index is 0.000000160. The molecule has 33 atom stereocenters. The van der Waals surface area contributed by atoms with Crippen molar-refractivity contribution >= 4 is 68.0 Å².